The fourth-order valence-corrected chi connectivity index (χ4v) is 3.20. The molecular formula is C15H22O4. The van der Waals surface area contributed by atoms with E-state index in [-0.39, 0.29) is 24.7 Å². The Morgan fingerprint density at radius 3 is 2.68 bits per heavy atom. The third kappa shape index (κ3) is 1.98. The molecular weight excluding hydrogens is 244 g/mol. The van der Waals surface area contributed by atoms with Crippen LogP contribution in [-0.4, -0.2) is 39.4 Å². The highest BCUT2D eigenvalue weighted by Gasteiger charge is 2.53. The van der Waals surface area contributed by atoms with Crippen LogP contribution in [0.3, 0.4) is 0 Å². The molecule has 3 N–H and O–H groups in total. The van der Waals surface area contributed by atoms with Crippen molar-refractivity contribution < 1.29 is 20.1 Å². The summed E-state index contributed by atoms with van der Waals surface area (Å²) in [6, 6.07) is 0. The lowest BCUT2D eigenvalue weighted by molar-refractivity contribution is -0.142. The highest BCUT2D eigenvalue weighted by molar-refractivity contribution is 5.94. The van der Waals surface area contributed by atoms with Crippen LogP contribution in [0, 0.1) is 17.3 Å². The van der Waals surface area contributed by atoms with Crippen molar-refractivity contribution in [1.29, 1.82) is 0 Å². The molecule has 0 aromatic carbocycles. The van der Waals surface area contributed by atoms with Gasteiger partial charge in [0.1, 0.15) is 6.10 Å². The van der Waals surface area contributed by atoms with Crippen molar-refractivity contribution >= 4 is 5.78 Å². The fourth-order valence-electron chi connectivity index (χ4n) is 3.20. The van der Waals surface area contributed by atoms with E-state index in [9.17, 15) is 20.1 Å². The molecule has 0 bridgehead atoms. The van der Waals surface area contributed by atoms with Crippen molar-refractivity contribution in [3.05, 3.63) is 23.8 Å². The Morgan fingerprint density at radius 2 is 2.11 bits per heavy atom. The van der Waals surface area contributed by atoms with Crippen molar-refractivity contribution in [3.8, 4) is 0 Å². The molecule has 0 saturated heterocycles. The van der Waals surface area contributed by atoms with Gasteiger partial charge >= 0.3 is 0 Å². The first kappa shape index (κ1) is 14.4. The standard InChI is InChI=1S/C15H22O4/c1-9(7-16)15(19)8-14(3)10(2)12(17)5-4-11(14)6-13(15)18/h4-6,9-10,13,16,18-19H,7-8H2,1-3H3/t9?,10-,13+,14+,15+/m0/s1. The summed E-state index contributed by atoms with van der Waals surface area (Å²) >= 11 is 0. The number of hydrogen-bond donors (Lipinski definition) is 3. The predicted octanol–water partition coefficient (Wildman–Crippen LogP) is 0.818. The number of aliphatic hydroxyl groups excluding tert-OH is 2. The third-order valence-corrected chi connectivity index (χ3v) is 5.10. The number of rotatable bonds is 2. The lowest BCUT2D eigenvalue weighted by Crippen LogP contribution is -2.56. The van der Waals surface area contributed by atoms with Crippen molar-refractivity contribution in [2.75, 3.05) is 6.61 Å². The van der Waals surface area contributed by atoms with Crippen LogP contribution in [0.15, 0.2) is 23.8 Å². The normalized spacial score (nSPS) is 43.7. The summed E-state index contributed by atoms with van der Waals surface area (Å²) in [6.45, 7) is 5.29. The highest BCUT2D eigenvalue weighted by atomic mass is 16.3. The smallest absolute Gasteiger partial charge is 0.159 e. The van der Waals surface area contributed by atoms with E-state index in [4.69, 9.17) is 0 Å². The maximum Gasteiger partial charge on any atom is 0.159 e. The maximum absolute atomic E-state index is 11.9. The number of hydrogen-bond acceptors (Lipinski definition) is 4. The van der Waals surface area contributed by atoms with E-state index in [0.717, 1.165) is 5.57 Å². The molecule has 19 heavy (non-hydrogen) atoms. The summed E-state index contributed by atoms with van der Waals surface area (Å²) in [4.78, 5) is 11.9. The summed E-state index contributed by atoms with van der Waals surface area (Å²) in [6.07, 6.45) is 4.13. The second-order valence-electron chi connectivity index (χ2n) is 6.19. The van der Waals surface area contributed by atoms with E-state index < -0.39 is 23.0 Å². The summed E-state index contributed by atoms with van der Waals surface area (Å²) in [7, 11) is 0. The van der Waals surface area contributed by atoms with Gasteiger partial charge in [0.05, 0.1) is 5.60 Å². The first-order valence-electron chi connectivity index (χ1n) is 6.71. The number of aliphatic hydroxyl groups is 3. The van der Waals surface area contributed by atoms with Gasteiger partial charge in [0, 0.05) is 23.9 Å². The zero-order valence-electron chi connectivity index (χ0n) is 11.6. The molecule has 0 saturated carbocycles. The monoisotopic (exact) mass is 266 g/mol. The third-order valence-electron chi connectivity index (χ3n) is 5.10. The first-order valence-corrected chi connectivity index (χ1v) is 6.71. The van der Waals surface area contributed by atoms with E-state index in [1.54, 1.807) is 19.1 Å². The number of fused-ring (bicyclic) bond motifs is 1. The Morgan fingerprint density at radius 1 is 1.47 bits per heavy atom. The number of carbonyl (C=O) groups is 1. The summed E-state index contributed by atoms with van der Waals surface area (Å²) in [5, 5.41) is 30.2. The molecule has 0 aromatic rings. The summed E-state index contributed by atoms with van der Waals surface area (Å²) in [5.41, 5.74) is -1.00. The molecule has 2 rings (SSSR count). The van der Waals surface area contributed by atoms with Gasteiger partial charge in [0.2, 0.25) is 0 Å². The van der Waals surface area contributed by atoms with Gasteiger partial charge in [-0.2, -0.15) is 0 Å². The van der Waals surface area contributed by atoms with E-state index >= 15 is 0 Å². The van der Waals surface area contributed by atoms with Gasteiger partial charge in [-0.05, 0) is 24.1 Å². The molecule has 1 unspecified atom stereocenters. The van der Waals surface area contributed by atoms with Crippen LogP contribution in [0.25, 0.3) is 0 Å². The number of ketones is 1. The lowest BCUT2D eigenvalue weighted by Gasteiger charge is -2.50. The van der Waals surface area contributed by atoms with E-state index in [2.05, 4.69) is 0 Å². The molecule has 0 aromatic heterocycles. The SMILES string of the molecule is CC(CO)[C@]1(O)C[C@@]2(C)C(=C[C@H]1O)C=CC(=O)[C@@H]2C. The first-order chi connectivity index (χ1) is 8.75. The van der Waals surface area contributed by atoms with E-state index in [0.29, 0.717) is 0 Å². The second kappa shape index (κ2) is 4.54. The molecule has 0 amide bonds. The minimum absolute atomic E-state index is 0.0371. The average molecular weight is 266 g/mol. The predicted molar refractivity (Wildman–Crippen MR) is 71.3 cm³/mol. The molecule has 106 valence electrons. The molecule has 4 heteroatoms. The van der Waals surface area contributed by atoms with Gasteiger partial charge < -0.3 is 15.3 Å². The fraction of sp³-hybridized carbons (Fsp3) is 0.667. The Balaban J connectivity index is 2.49. The molecule has 0 fully saturated rings. The van der Waals surface area contributed by atoms with E-state index in [1.165, 1.54) is 6.08 Å². The topological polar surface area (TPSA) is 77.8 Å². The average Bonchev–Trinajstić information content (AvgIpc) is 2.37. The minimum atomic E-state index is -1.40. The molecule has 0 radical (unpaired) electrons. The lowest BCUT2D eigenvalue weighted by atomic mass is 9.56. The number of carbonyl (C=O) groups excluding carboxylic acids is 1. The van der Waals surface area contributed by atoms with Crippen LogP contribution >= 0.6 is 0 Å². The van der Waals surface area contributed by atoms with Gasteiger partial charge in [-0.1, -0.05) is 26.8 Å². The Hall–Kier alpha value is -0.970. The molecule has 4 nitrogen and oxygen atoms in total. The van der Waals surface area contributed by atoms with Crippen LogP contribution < -0.4 is 0 Å². The zero-order chi connectivity index (χ0) is 14.4. The van der Waals surface area contributed by atoms with Crippen LogP contribution in [0.5, 0.6) is 0 Å². The zero-order valence-corrected chi connectivity index (χ0v) is 11.6. The molecule has 0 aliphatic heterocycles. The Labute approximate surface area is 113 Å². The van der Waals surface area contributed by atoms with Gasteiger partial charge in [-0.25, -0.2) is 0 Å². The van der Waals surface area contributed by atoms with Crippen molar-refractivity contribution in [1.82, 2.24) is 0 Å². The Bertz CT molecular complexity index is 453. The van der Waals surface area contributed by atoms with Crippen LogP contribution in [0.4, 0.5) is 0 Å². The molecule has 5 atom stereocenters. The van der Waals surface area contributed by atoms with E-state index in [1.807, 2.05) is 13.8 Å². The van der Waals surface area contributed by atoms with Crippen molar-refractivity contribution in [2.45, 2.75) is 38.9 Å². The van der Waals surface area contributed by atoms with Crippen LogP contribution in [0.2, 0.25) is 0 Å². The van der Waals surface area contributed by atoms with Gasteiger partial charge in [-0.3, -0.25) is 4.79 Å². The van der Waals surface area contributed by atoms with Crippen molar-refractivity contribution in [2.24, 2.45) is 17.3 Å². The van der Waals surface area contributed by atoms with Crippen LogP contribution in [-0.2, 0) is 4.79 Å². The molecule has 2 aliphatic carbocycles. The van der Waals surface area contributed by atoms with Crippen LogP contribution in [0.1, 0.15) is 27.2 Å². The Kier molecular flexibility index (Phi) is 3.45. The quantitative estimate of drug-likeness (QED) is 0.691. The summed E-state index contributed by atoms with van der Waals surface area (Å²) < 4.78 is 0. The second-order valence-corrected chi connectivity index (χ2v) is 6.19. The minimum Gasteiger partial charge on any atom is -0.396 e. The number of allylic oxidation sites excluding steroid dienone is 3. The van der Waals surface area contributed by atoms with Gasteiger partial charge in [0.25, 0.3) is 0 Å². The molecule has 0 heterocycles. The summed E-state index contributed by atoms with van der Waals surface area (Å²) in [5.74, 6) is -0.658. The van der Waals surface area contributed by atoms with Crippen molar-refractivity contribution in [3.63, 3.8) is 0 Å². The molecule has 2 aliphatic rings. The highest BCUT2D eigenvalue weighted by Crippen LogP contribution is 2.51. The maximum atomic E-state index is 11.9. The largest absolute Gasteiger partial charge is 0.396 e. The molecule has 0 spiro atoms. The van der Waals surface area contributed by atoms with Gasteiger partial charge in [0.15, 0.2) is 5.78 Å². The van der Waals surface area contributed by atoms with Gasteiger partial charge in [-0.15, -0.1) is 0 Å².